The molecule has 0 radical (unpaired) electrons. The molecule has 12 heteroatoms. The third-order valence-electron chi connectivity index (χ3n) is 4.73. The molecule has 1 fully saturated rings. The first-order chi connectivity index (χ1) is 14.5. The number of rotatable bonds is 7. The molecular weight excluding hydrogens is 404 g/mol. The van der Waals surface area contributed by atoms with Crippen molar-refractivity contribution in [1.82, 2.24) is 19.5 Å². The Bertz CT molecular complexity index is 1020. The van der Waals surface area contributed by atoms with E-state index in [2.05, 4.69) is 25.0 Å². The molecule has 1 aliphatic heterocycles. The predicted molar refractivity (Wildman–Crippen MR) is 98.7 cm³/mol. The average Bonchev–Trinajstić information content (AvgIpc) is 3.28. The van der Waals surface area contributed by atoms with Gasteiger partial charge in [0, 0.05) is 6.54 Å². The Balaban J connectivity index is 1.54. The second-order valence-corrected chi connectivity index (χ2v) is 6.65. The fourth-order valence-electron chi connectivity index (χ4n) is 3.29. The summed E-state index contributed by atoms with van der Waals surface area (Å²) in [5, 5.41) is 32.5. The van der Waals surface area contributed by atoms with Crippen LogP contribution >= 0.6 is 0 Å². The third-order valence-corrected chi connectivity index (χ3v) is 4.73. The predicted octanol–water partition coefficient (Wildman–Crippen LogP) is 0.651. The van der Waals surface area contributed by atoms with Crippen molar-refractivity contribution in [3.63, 3.8) is 0 Å². The van der Waals surface area contributed by atoms with Gasteiger partial charge in [0.15, 0.2) is 23.2 Å². The standard InChI is InChI=1S/C18H19F2N5O5/c19-18(20)29-10-3-1-2-9(4-10)5-21-15-12-16(23-7-22-15)25(8-24-12)17-14(28)13(27)11(6-26)30-17/h1-4,7-8,11,13-14,17-18,26-28H,5-6H2,(H,21,22,23)/t11-,13-,14-,17?/m1/s1. The fraction of sp³-hybridized carbons (Fsp3) is 0.389. The van der Waals surface area contributed by atoms with Crippen LogP contribution in [-0.4, -0.2) is 66.4 Å². The number of imidazole rings is 1. The molecule has 4 N–H and O–H groups in total. The topological polar surface area (TPSA) is 135 Å². The lowest BCUT2D eigenvalue weighted by Crippen LogP contribution is -2.33. The second kappa shape index (κ2) is 8.44. The van der Waals surface area contributed by atoms with E-state index in [9.17, 15) is 24.1 Å². The molecule has 1 aromatic carbocycles. The maximum Gasteiger partial charge on any atom is 0.387 e. The van der Waals surface area contributed by atoms with Crippen LogP contribution in [0.1, 0.15) is 11.8 Å². The summed E-state index contributed by atoms with van der Waals surface area (Å²) in [6.07, 6.45) is -1.75. The molecule has 0 aliphatic carbocycles. The van der Waals surface area contributed by atoms with E-state index < -0.39 is 37.8 Å². The summed E-state index contributed by atoms with van der Waals surface area (Å²) in [6.45, 7) is -3.10. The van der Waals surface area contributed by atoms with Gasteiger partial charge in [0.05, 0.1) is 12.9 Å². The summed E-state index contributed by atoms with van der Waals surface area (Å²) in [4.78, 5) is 12.6. The van der Waals surface area contributed by atoms with E-state index in [0.29, 0.717) is 22.5 Å². The second-order valence-electron chi connectivity index (χ2n) is 6.65. The van der Waals surface area contributed by atoms with Gasteiger partial charge in [-0.1, -0.05) is 12.1 Å². The van der Waals surface area contributed by atoms with E-state index in [-0.39, 0.29) is 12.3 Å². The minimum absolute atomic E-state index is 0.0470. The van der Waals surface area contributed by atoms with Crippen LogP contribution in [0.25, 0.3) is 11.2 Å². The lowest BCUT2D eigenvalue weighted by atomic mass is 10.1. The molecule has 2 aromatic heterocycles. The lowest BCUT2D eigenvalue weighted by molar-refractivity contribution is -0.0511. The Labute approximate surface area is 168 Å². The molecule has 0 saturated carbocycles. The lowest BCUT2D eigenvalue weighted by Gasteiger charge is -2.16. The normalized spacial score (nSPS) is 23.9. The maximum atomic E-state index is 12.4. The summed E-state index contributed by atoms with van der Waals surface area (Å²) in [5.41, 5.74) is 1.41. The molecule has 1 unspecified atom stereocenters. The number of aromatic nitrogens is 4. The summed E-state index contributed by atoms with van der Waals surface area (Å²) < 4.78 is 36.1. The molecule has 30 heavy (non-hydrogen) atoms. The number of nitrogens with one attached hydrogen (secondary N) is 1. The van der Waals surface area contributed by atoms with Crippen molar-refractivity contribution >= 4 is 17.0 Å². The number of hydrogen-bond donors (Lipinski definition) is 4. The van der Waals surface area contributed by atoms with E-state index in [0.717, 1.165) is 0 Å². The van der Waals surface area contributed by atoms with Crippen LogP contribution in [0.2, 0.25) is 0 Å². The fourth-order valence-corrected chi connectivity index (χ4v) is 3.29. The van der Waals surface area contributed by atoms with E-state index in [4.69, 9.17) is 4.74 Å². The van der Waals surface area contributed by atoms with Gasteiger partial charge in [-0.2, -0.15) is 8.78 Å². The Morgan fingerprint density at radius 3 is 2.77 bits per heavy atom. The van der Waals surface area contributed by atoms with Crippen molar-refractivity contribution in [2.45, 2.75) is 37.7 Å². The van der Waals surface area contributed by atoms with Gasteiger partial charge in [-0.25, -0.2) is 15.0 Å². The Hall–Kier alpha value is -2.93. The van der Waals surface area contributed by atoms with Crippen LogP contribution in [0.3, 0.4) is 0 Å². The summed E-state index contributed by atoms with van der Waals surface area (Å²) in [6, 6.07) is 6.25. The molecule has 3 aromatic rings. The van der Waals surface area contributed by atoms with Crippen LogP contribution in [0.15, 0.2) is 36.9 Å². The summed E-state index contributed by atoms with van der Waals surface area (Å²) in [7, 11) is 0. The number of aliphatic hydroxyl groups excluding tert-OH is 3. The zero-order chi connectivity index (χ0) is 21.3. The van der Waals surface area contributed by atoms with Gasteiger partial charge in [-0.3, -0.25) is 4.57 Å². The molecule has 160 valence electrons. The first-order valence-electron chi connectivity index (χ1n) is 9.05. The van der Waals surface area contributed by atoms with Gasteiger partial charge in [-0.15, -0.1) is 0 Å². The number of alkyl halides is 2. The molecule has 4 rings (SSSR count). The van der Waals surface area contributed by atoms with Crippen molar-refractivity contribution in [2.24, 2.45) is 0 Å². The van der Waals surface area contributed by atoms with E-state index >= 15 is 0 Å². The number of nitrogens with zero attached hydrogens (tertiary/aromatic N) is 4. The zero-order valence-electron chi connectivity index (χ0n) is 15.5. The van der Waals surface area contributed by atoms with Crippen molar-refractivity contribution in [3.05, 3.63) is 42.5 Å². The highest BCUT2D eigenvalue weighted by Crippen LogP contribution is 2.32. The van der Waals surface area contributed by atoms with Gasteiger partial charge in [0.2, 0.25) is 0 Å². The van der Waals surface area contributed by atoms with Gasteiger partial charge >= 0.3 is 6.61 Å². The number of anilines is 1. The first kappa shape index (κ1) is 20.3. The molecule has 10 nitrogen and oxygen atoms in total. The Morgan fingerprint density at radius 2 is 2.03 bits per heavy atom. The number of fused-ring (bicyclic) bond motifs is 1. The monoisotopic (exact) mass is 423 g/mol. The van der Waals surface area contributed by atoms with Crippen molar-refractivity contribution in [1.29, 1.82) is 0 Å². The molecule has 0 amide bonds. The van der Waals surface area contributed by atoms with Crippen molar-refractivity contribution in [2.75, 3.05) is 11.9 Å². The quantitative estimate of drug-likeness (QED) is 0.432. The van der Waals surface area contributed by atoms with Gasteiger partial charge < -0.3 is 30.1 Å². The van der Waals surface area contributed by atoms with E-state index in [1.807, 2.05) is 0 Å². The SMILES string of the molecule is OC[C@H]1OC(n2cnc3c(NCc4cccc(OC(F)F)c4)ncnc32)[C@H](O)[C@@H]1O. The smallest absolute Gasteiger partial charge is 0.387 e. The van der Waals surface area contributed by atoms with Gasteiger partial charge in [0.25, 0.3) is 0 Å². The highest BCUT2D eigenvalue weighted by molar-refractivity contribution is 5.82. The molecule has 3 heterocycles. The van der Waals surface area contributed by atoms with Gasteiger partial charge in [0.1, 0.15) is 30.4 Å². The Kier molecular flexibility index (Phi) is 5.72. The number of aliphatic hydroxyl groups is 3. The molecule has 0 bridgehead atoms. The highest BCUT2D eigenvalue weighted by Gasteiger charge is 2.44. The number of benzene rings is 1. The zero-order valence-corrected chi connectivity index (χ0v) is 15.5. The molecule has 4 atom stereocenters. The molecule has 1 saturated heterocycles. The van der Waals surface area contributed by atoms with E-state index in [1.54, 1.807) is 12.1 Å². The van der Waals surface area contributed by atoms with Crippen molar-refractivity contribution < 1.29 is 33.6 Å². The summed E-state index contributed by atoms with van der Waals surface area (Å²) in [5.74, 6) is 0.427. The molecule has 0 spiro atoms. The van der Waals surface area contributed by atoms with E-state index in [1.165, 1.54) is 29.4 Å². The van der Waals surface area contributed by atoms with Gasteiger partial charge in [-0.05, 0) is 17.7 Å². The van der Waals surface area contributed by atoms with Crippen LogP contribution in [0.4, 0.5) is 14.6 Å². The third kappa shape index (κ3) is 3.89. The van der Waals surface area contributed by atoms with Crippen LogP contribution in [0, 0.1) is 0 Å². The van der Waals surface area contributed by atoms with Crippen molar-refractivity contribution in [3.8, 4) is 5.75 Å². The summed E-state index contributed by atoms with van der Waals surface area (Å²) >= 11 is 0. The average molecular weight is 423 g/mol. The maximum absolute atomic E-state index is 12.4. The number of halogens is 2. The largest absolute Gasteiger partial charge is 0.435 e. The highest BCUT2D eigenvalue weighted by atomic mass is 19.3. The first-order valence-corrected chi connectivity index (χ1v) is 9.05. The minimum Gasteiger partial charge on any atom is -0.435 e. The Morgan fingerprint density at radius 1 is 1.20 bits per heavy atom. The number of hydrogen-bond acceptors (Lipinski definition) is 9. The van der Waals surface area contributed by atoms with Crippen LogP contribution < -0.4 is 10.1 Å². The van der Waals surface area contributed by atoms with Crippen LogP contribution in [0.5, 0.6) is 5.75 Å². The molecular formula is C18H19F2N5O5. The minimum atomic E-state index is -2.91. The number of ether oxygens (including phenoxy) is 2. The van der Waals surface area contributed by atoms with Crippen LogP contribution in [-0.2, 0) is 11.3 Å². The molecule has 1 aliphatic rings.